The van der Waals surface area contributed by atoms with E-state index in [0.717, 1.165) is 23.6 Å². The molecule has 1 saturated carbocycles. The fourth-order valence-corrected chi connectivity index (χ4v) is 3.77. The maximum atomic E-state index is 14.9. The van der Waals surface area contributed by atoms with Crippen molar-refractivity contribution >= 4 is 23.3 Å². The van der Waals surface area contributed by atoms with Gasteiger partial charge in [0.1, 0.15) is 17.3 Å². The zero-order valence-electron chi connectivity index (χ0n) is 21.1. The SMILES string of the molecule is COc1ccc(-n2nc(C(=O)Nc3ccc(Oc4ccnc(NC(=O)C5CC5)c4)c(F)c3)c(C)cc2=O)cc1. The van der Waals surface area contributed by atoms with Gasteiger partial charge in [-0.15, -0.1) is 0 Å². The number of methoxy groups -OCH3 is 1. The van der Waals surface area contributed by atoms with E-state index in [-0.39, 0.29) is 34.7 Å². The van der Waals surface area contributed by atoms with Crippen LogP contribution in [0, 0.1) is 18.7 Å². The Morgan fingerprint density at radius 1 is 1.00 bits per heavy atom. The minimum atomic E-state index is -0.721. The van der Waals surface area contributed by atoms with Gasteiger partial charge < -0.3 is 20.1 Å². The molecule has 2 heterocycles. The van der Waals surface area contributed by atoms with Crippen molar-refractivity contribution in [3.05, 3.63) is 94.3 Å². The standard InChI is InChI=1S/C28H24FN5O5/c1-16-13-25(35)34(19-6-8-20(38-2)9-7-19)33-26(16)28(37)31-18-5-10-23(22(29)14-18)39-21-11-12-30-24(15-21)32-27(36)17-3-4-17/h5-15,17H,3-4H2,1-2H3,(H,31,37)(H,30,32,36). The summed E-state index contributed by atoms with van der Waals surface area (Å²) in [5, 5.41) is 9.55. The summed E-state index contributed by atoms with van der Waals surface area (Å²) in [5.74, 6) is -0.303. The van der Waals surface area contributed by atoms with Crippen LogP contribution in [0.25, 0.3) is 5.69 Å². The lowest BCUT2D eigenvalue weighted by Gasteiger charge is -2.12. The zero-order chi connectivity index (χ0) is 27.5. The number of amides is 2. The van der Waals surface area contributed by atoms with E-state index in [1.165, 1.54) is 43.6 Å². The van der Waals surface area contributed by atoms with Gasteiger partial charge in [-0.05, 0) is 67.8 Å². The number of anilines is 2. The Bertz CT molecular complexity index is 1620. The fourth-order valence-electron chi connectivity index (χ4n) is 3.77. The van der Waals surface area contributed by atoms with Gasteiger partial charge in [0.2, 0.25) is 5.91 Å². The van der Waals surface area contributed by atoms with Gasteiger partial charge in [0.15, 0.2) is 17.3 Å². The van der Waals surface area contributed by atoms with Gasteiger partial charge in [0.05, 0.1) is 12.8 Å². The number of benzene rings is 2. The van der Waals surface area contributed by atoms with Gasteiger partial charge in [-0.2, -0.15) is 9.78 Å². The van der Waals surface area contributed by atoms with E-state index in [4.69, 9.17) is 9.47 Å². The second kappa shape index (κ2) is 10.7. The van der Waals surface area contributed by atoms with Crippen molar-refractivity contribution in [1.29, 1.82) is 0 Å². The summed E-state index contributed by atoms with van der Waals surface area (Å²) in [4.78, 5) is 41.6. The number of rotatable bonds is 8. The average Bonchev–Trinajstić information content (AvgIpc) is 3.77. The number of halogens is 1. The molecular formula is C28H24FN5O5. The van der Waals surface area contributed by atoms with Gasteiger partial charge in [-0.3, -0.25) is 14.4 Å². The third kappa shape index (κ3) is 5.93. The molecule has 10 nitrogen and oxygen atoms in total. The van der Waals surface area contributed by atoms with Crippen molar-refractivity contribution in [2.45, 2.75) is 19.8 Å². The van der Waals surface area contributed by atoms with Crippen LogP contribution in [0.2, 0.25) is 0 Å². The Labute approximate surface area is 222 Å². The molecule has 4 aromatic rings. The first kappa shape index (κ1) is 25.6. The van der Waals surface area contributed by atoms with E-state index >= 15 is 0 Å². The van der Waals surface area contributed by atoms with Crippen molar-refractivity contribution < 1.29 is 23.5 Å². The first-order valence-electron chi connectivity index (χ1n) is 12.1. The quantitative estimate of drug-likeness (QED) is 0.345. The molecule has 0 radical (unpaired) electrons. The number of aromatic nitrogens is 3. The minimum Gasteiger partial charge on any atom is -0.497 e. The summed E-state index contributed by atoms with van der Waals surface area (Å²) in [6, 6.07) is 14.9. The molecule has 2 aromatic heterocycles. The zero-order valence-corrected chi connectivity index (χ0v) is 21.1. The highest BCUT2D eigenvalue weighted by atomic mass is 19.1. The maximum absolute atomic E-state index is 14.9. The van der Waals surface area contributed by atoms with Crippen LogP contribution in [0.5, 0.6) is 17.2 Å². The van der Waals surface area contributed by atoms with Crippen molar-refractivity contribution in [2.75, 3.05) is 17.7 Å². The van der Waals surface area contributed by atoms with Gasteiger partial charge in [-0.25, -0.2) is 9.37 Å². The molecule has 2 amide bonds. The van der Waals surface area contributed by atoms with Crippen molar-refractivity contribution in [3.8, 4) is 22.9 Å². The molecule has 198 valence electrons. The van der Waals surface area contributed by atoms with E-state index in [1.54, 1.807) is 31.2 Å². The summed E-state index contributed by atoms with van der Waals surface area (Å²) in [5.41, 5.74) is 0.580. The number of aryl methyl sites for hydroxylation is 1. The third-order valence-corrected chi connectivity index (χ3v) is 6.00. The normalized spacial score (nSPS) is 12.5. The van der Waals surface area contributed by atoms with Gasteiger partial charge in [-0.1, -0.05) is 0 Å². The Hall–Kier alpha value is -5.06. The number of ether oxygens (including phenoxy) is 2. The number of nitrogens with zero attached hydrogens (tertiary/aromatic N) is 3. The lowest BCUT2D eigenvalue weighted by Crippen LogP contribution is -2.26. The molecule has 2 aromatic carbocycles. The van der Waals surface area contributed by atoms with Crippen molar-refractivity contribution in [3.63, 3.8) is 0 Å². The maximum Gasteiger partial charge on any atom is 0.276 e. The number of hydrogen-bond acceptors (Lipinski definition) is 7. The Morgan fingerprint density at radius 2 is 1.77 bits per heavy atom. The van der Waals surface area contributed by atoms with Gasteiger partial charge >= 0.3 is 0 Å². The van der Waals surface area contributed by atoms with Crippen molar-refractivity contribution in [2.24, 2.45) is 5.92 Å². The number of hydrogen-bond donors (Lipinski definition) is 2. The summed E-state index contributed by atoms with van der Waals surface area (Å²) in [6.07, 6.45) is 3.17. The van der Waals surface area contributed by atoms with Crippen LogP contribution in [0.4, 0.5) is 15.9 Å². The van der Waals surface area contributed by atoms with E-state index in [2.05, 4.69) is 20.7 Å². The van der Waals surface area contributed by atoms with Crippen LogP contribution in [-0.4, -0.2) is 33.7 Å². The third-order valence-electron chi connectivity index (χ3n) is 6.00. The second-order valence-electron chi connectivity index (χ2n) is 8.97. The predicted octanol–water partition coefficient (Wildman–Crippen LogP) is 4.48. The van der Waals surface area contributed by atoms with Crippen LogP contribution < -0.4 is 25.7 Å². The summed E-state index contributed by atoms with van der Waals surface area (Å²) in [7, 11) is 1.53. The first-order chi connectivity index (χ1) is 18.8. The molecule has 0 saturated heterocycles. The van der Waals surface area contributed by atoms with Gasteiger partial charge in [0.25, 0.3) is 11.5 Å². The number of carbonyl (C=O) groups is 2. The Balaban J connectivity index is 1.30. The topological polar surface area (TPSA) is 124 Å². The smallest absolute Gasteiger partial charge is 0.276 e. The summed E-state index contributed by atoms with van der Waals surface area (Å²) >= 11 is 0. The molecule has 1 fully saturated rings. The summed E-state index contributed by atoms with van der Waals surface area (Å²) in [6.45, 7) is 1.59. The lowest BCUT2D eigenvalue weighted by molar-refractivity contribution is -0.117. The fraction of sp³-hybridized carbons (Fsp3) is 0.179. The molecule has 0 atom stereocenters. The summed E-state index contributed by atoms with van der Waals surface area (Å²) < 4.78 is 26.7. The molecule has 39 heavy (non-hydrogen) atoms. The molecule has 0 aliphatic heterocycles. The lowest BCUT2D eigenvalue weighted by atomic mass is 10.2. The van der Waals surface area contributed by atoms with E-state index < -0.39 is 17.3 Å². The Kier molecular flexibility index (Phi) is 7.04. The van der Waals surface area contributed by atoms with Crippen LogP contribution in [0.15, 0.2) is 71.7 Å². The molecule has 11 heteroatoms. The van der Waals surface area contributed by atoms with Gasteiger partial charge in [0, 0.05) is 36.0 Å². The highest BCUT2D eigenvalue weighted by molar-refractivity contribution is 6.03. The second-order valence-corrected chi connectivity index (χ2v) is 8.97. The molecular weight excluding hydrogens is 505 g/mol. The van der Waals surface area contributed by atoms with E-state index in [1.807, 2.05) is 0 Å². The molecule has 0 bridgehead atoms. The molecule has 0 spiro atoms. The Morgan fingerprint density at radius 3 is 2.46 bits per heavy atom. The molecule has 1 aliphatic carbocycles. The van der Waals surface area contributed by atoms with Crippen LogP contribution in [0.1, 0.15) is 28.9 Å². The minimum absolute atomic E-state index is 0.00344. The number of nitrogens with one attached hydrogen (secondary N) is 2. The van der Waals surface area contributed by atoms with Crippen LogP contribution in [0.3, 0.4) is 0 Å². The van der Waals surface area contributed by atoms with Crippen LogP contribution in [-0.2, 0) is 4.79 Å². The highest BCUT2D eigenvalue weighted by Crippen LogP contribution is 2.31. The van der Waals surface area contributed by atoms with Crippen LogP contribution >= 0.6 is 0 Å². The number of carbonyl (C=O) groups excluding carboxylic acids is 2. The largest absolute Gasteiger partial charge is 0.497 e. The van der Waals surface area contributed by atoms with E-state index in [9.17, 15) is 18.8 Å². The average molecular weight is 530 g/mol. The highest BCUT2D eigenvalue weighted by Gasteiger charge is 2.29. The molecule has 1 aliphatic rings. The van der Waals surface area contributed by atoms with E-state index in [0.29, 0.717) is 22.8 Å². The molecule has 0 unspecified atom stereocenters. The van der Waals surface area contributed by atoms with Crippen molar-refractivity contribution in [1.82, 2.24) is 14.8 Å². The number of pyridine rings is 1. The first-order valence-corrected chi connectivity index (χ1v) is 12.1. The monoisotopic (exact) mass is 529 g/mol. The molecule has 2 N–H and O–H groups in total. The predicted molar refractivity (Wildman–Crippen MR) is 141 cm³/mol. The molecule has 5 rings (SSSR count).